The lowest BCUT2D eigenvalue weighted by Crippen LogP contribution is -2.62. The predicted molar refractivity (Wildman–Crippen MR) is 119 cm³/mol. The average Bonchev–Trinajstić information content (AvgIpc) is 2.71. The molecule has 13 heteroatoms. The summed E-state index contributed by atoms with van der Waals surface area (Å²) < 4.78 is 24.8. The number of rotatable bonds is 12. The SMILES string of the molecule is CS(=O)(=O)Nc1ccc(NCCCCCCN2C[C@H](O)[C@@H](O)[C@H](O)[C@H]2CO)c([N+](=O)[O-])c1. The van der Waals surface area contributed by atoms with Crippen molar-refractivity contribution >= 4 is 27.1 Å². The molecule has 182 valence electrons. The summed E-state index contributed by atoms with van der Waals surface area (Å²) in [6.07, 6.45) is 0.605. The number of nitro benzene ring substituents is 1. The number of nitrogens with one attached hydrogen (secondary N) is 2. The van der Waals surface area contributed by atoms with Gasteiger partial charge in [-0.3, -0.25) is 19.7 Å². The van der Waals surface area contributed by atoms with E-state index in [0.717, 1.165) is 31.9 Å². The van der Waals surface area contributed by atoms with Gasteiger partial charge in [-0.15, -0.1) is 0 Å². The lowest BCUT2D eigenvalue weighted by molar-refractivity contribution is -0.383. The highest BCUT2D eigenvalue weighted by Gasteiger charge is 2.40. The Morgan fingerprint density at radius 3 is 2.47 bits per heavy atom. The monoisotopic (exact) mass is 476 g/mol. The number of hydrogen-bond donors (Lipinski definition) is 6. The highest BCUT2D eigenvalue weighted by molar-refractivity contribution is 7.92. The zero-order valence-corrected chi connectivity index (χ0v) is 18.7. The van der Waals surface area contributed by atoms with Crippen LogP contribution in [0, 0.1) is 10.1 Å². The molecule has 0 saturated carbocycles. The fourth-order valence-corrected chi connectivity index (χ4v) is 4.32. The number of aliphatic hydroxyl groups is 4. The van der Waals surface area contributed by atoms with E-state index >= 15 is 0 Å². The Balaban J connectivity index is 1.75. The van der Waals surface area contributed by atoms with Crippen LogP contribution in [0.3, 0.4) is 0 Å². The van der Waals surface area contributed by atoms with Gasteiger partial charge < -0.3 is 25.7 Å². The van der Waals surface area contributed by atoms with Crippen molar-refractivity contribution in [1.29, 1.82) is 0 Å². The quantitative estimate of drug-likeness (QED) is 0.133. The molecule has 0 spiro atoms. The molecule has 1 heterocycles. The number of benzene rings is 1. The highest BCUT2D eigenvalue weighted by Crippen LogP contribution is 2.28. The molecule has 32 heavy (non-hydrogen) atoms. The van der Waals surface area contributed by atoms with Gasteiger partial charge in [0, 0.05) is 19.2 Å². The predicted octanol–water partition coefficient (Wildman–Crippen LogP) is -0.302. The molecule has 0 bridgehead atoms. The van der Waals surface area contributed by atoms with E-state index in [1.165, 1.54) is 18.2 Å². The number of piperidine rings is 1. The molecule has 1 aromatic rings. The van der Waals surface area contributed by atoms with E-state index in [0.29, 0.717) is 18.8 Å². The molecule has 2 rings (SSSR count). The van der Waals surface area contributed by atoms with E-state index in [1.807, 2.05) is 0 Å². The topological polar surface area (TPSA) is 186 Å². The van der Waals surface area contributed by atoms with Gasteiger partial charge in [0.1, 0.15) is 17.9 Å². The van der Waals surface area contributed by atoms with E-state index in [4.69, 9.17) is 0 Å². The minimum absolute atomic E-state index is 0.117. The van der Waals surface area contributed by atoms with Crippen LogP contribution >= 0.6 is 0 Å². The Kier molecular flexibility index (Phi) is 9.61. The maximum atomic E-state index is 11.3. The Labute approximate surface area is 187 Å². The van der Waals surface area contributed by atoms with Crippen LogP contribution in [0.5, 0.6) is 0 Å². The minimum Gasteiger partial charge on any atom is -0.395 e. The summed E-state index contributed by atoms with van der Waals surface area (Å²) in [5.74, 6) is 0. The second kappa shape index (κ2) is 11.7. The third-order valence-corrected chi connectivity index (χ3v) is 6.01. The van der Waals surface area contributed by atoms with Gasteiger partial charge in [0.2, 0.25) is 10.0 Å². The summed E-state index contributed by atoms with van der Waals surface area (Å²) in [6.45, 7) is 0.914. The Bertz CT molecular complexity index is 869. The Hall–Kier alpha value is -2.03. The molecule has 1 saturated heterocycles. The summed E-state index contributed by atoms with van der Waals surface area (Å²) in [5.41, 5.74) is 0.194. The van der Waals surface area contributed by atoms with Crippen LogP contribution in [0.1, 0.15) is 25.7 Å². The highest BCUT2D eigenvalue weighted by atomic mass is 32.2. The molecule has 0 radical (unpaired) electrons. The normalized spacial score (nSPS) is 24.3. The van der Waals surface area contributed by atoms with Crippen LogP contribution in [0.25, 0.3) is 0 Å². The van der Waals surface area contributed by atoms with E-state index < -0.39 is 39.3 Å². The van der Waals surface area contributed by atoms with E-state index in [2.05, 4.69) is 10.0 Å². The van der Waals surface area contributed by atoms with E-state index in [9.17, 15) is 39.0 Å². The zero-order chi connectivity index (χ0) is 23.9. The Morgan fingerprint density at radius 2 is 1.84 bits per heavy atom. The minimum atomic E-state index is -3.54. The average molecular weight is 477 g/mol. The number of hydrogen-bond acceptors (Lipinski definition) is 10. The fourth-order valence-electron chi connectivity index (χ4n) is 3.76. The summed E-state index contributed by atoms with van der Waals surface area (Å²) in [6, 6.07) is 3.46. The second-order valence-electron chi connectivity index (χ2n) is 8.00. The molecule has 0 unspecified atom stereocenters. The number of likely N-dealkylation sites (tertiary alicyclic amines) is 1. The summed E-state index contributed by atoms with van der Waals surface area (Å²) in [7, 11) is -3.54. The Morgan fingerprint density at radius 1 is 1.16 bits per heavy atom. The number of sulfonamides is 1. The number of unbranched alkanes of at least 4 members (excludes halogenated alkanes) is 3. The van der Waals surface area contributed by atoms with Crippen LogP contribution in [-0.2, 0) is 10.0 Å². The van der Waals surface area contributed by atoms with Crippen LogP contribution in [0.2, 0.25) is 0 Å². The molecule has 1 aromatic carbocycles. The molecule has 0 amide bonds. The lowest BCUT2D eigenvalue weighted by Gasteiger charge is -2.43. The van der Waals surface area contributed by atoms with Gasteiger partial charge in [-0.2, -0.15) is 0 Å². The molecule has 0 aromatic heterocycles. The van der Waals surface area contributed by atoms with Gasteiger partial charge in [-0.1, -0.05) is 12.8 Å². The van der Waals surface area contributed by atoms with Gasteiger partial charge in [0.15, 0.2) is 0 Å². The summed E-state index contributed by atoms with van der Waals surface area (Å²) in [4.78, 5) is 12.5. The second-order valence-corrected chi connectivity index (χ2v) is 9.75. The van der Waals surface area contributed by atoms with Gasteiger partial charge in [-0.05, 0) is 31.5 Å². The molecule has 1 fully saturated rings. The molecule has 0 aliphatic carbocycles. The number of nitro groups is 1. The van der Waals surface area contributed by atoms with Gasteiger partial charge in [-0.25, -0.2) is 8.42 Å². The van der Waals surface area contributed by atoms with Crippen LogP contribution < -0.4 is 10.0 Å². The van der Waals surface area contributed by atoms with Crippen molar-refractivity contribution < 1.29 is 33.8 Å². The molecular weight excluding hydrogens is 444 g/mol. The van der Waals surface area contributed by atoms with Crippen molar-refractivity contribution in [3.8, 4) is 0 Å². The van der Waals surface area contributed by atoms with Crippen LogP contribution in [0.4, 0.5) is 17.1 Å². The molecule has 6 N–H and O–H groups in total. The van der Waals surface area contributed by atoms with Crippen molar-refractivity contribution in [1.82, 2.24) is 4.90 Å². The fraction of sp³-hybridized carbons (Fsp3) is 0.684. The number of anilines is 2. The first kappa shape index (κ1) is 26.2. The standard InChI is InChI=1S/C19H32N4O8S/c1-32(30,31)21-13-6-7-14(15(10-13)23(28)29)20-8-4-2-3-5-9-22-11-17(25)19(27)18(26)16(22)12-24/h6-7,10,16-21,24-27H,2-5,8-9,11-12H2,1H3/t16-,17+,18-,19-/m1/s1. The van der Waals surface area contributed by atoms with E-state index in [-0.39, 0.29) is 24.5 Å². The smallest absolute Gasteiger partial charge is 0.294 e. The number of nitrogens with zero attached hydrogens (tertiary/aromatic N) is 2. The third kappa shape index (κ3) is 7.53. The van der Waals surface area contributed by atoms with Crippen molar-refractivity contribution in [3.05, 3.63) is 28.3 Å². The van der Waals surface area contributed by atoms with Crippen LogP contribution in [0.15, 0.2) is 18.2 Å². The van der Waals surface area contributed by atoms with Gasteiger partial charge >= 0.3 is 0 Å². The zero-order valence-electron chi connectivity index (χ0n) is 17.9. The first-order valence-corrected chi connectivity index (χ1v) is 12.3. The molecule has 1 aliphatic rings. The maximum Gasteiger partial charge on any atom is 0.294 e. The number of aliphatic hydroxyl groups excluding tert-OH is 4. The maximum absolute atomic E-state index is 11.3. The molecule has 12 nitrogen and oxygen atoms in total. The summed E-state index contributed by atoms with van der Waals surface area (Å²) in [5, 5.41) is 53.3. The summed E-state index contributed by atoms with van der Waals surface area (Å²) >= 11 is 0. The molecule has 4 atom stereocenters. The largest absolute Gasteiger partial charge is 0.395 e. The first-order valence-electron chi connectivity index (χ1n) is 10.4. The van der Waals surface area contributed by atoms with Crippen molar-refractivity contribution in [2.24, 2.45) is 0 Å². The van der Waals surface area contributed by atoms with Gasteiger partial charge in [0.05, 0.1) is 35.6 Å². The first-order chi connectivity index (χ1) is 15.0. The van der Waals surface area contributed by atoms with Crippen molar-refractivity contribution in [3.63, 3.8) is 0 Å². The lowest BCUT2D eigenvalue weighted by atomic mass is 9.94. The number of β-amino-alcohol motifs (C(OH)–C–C–N with tert-alkyl or cyclic N) is 1. The van der Waals surface area contributed by atoms with Crippen molar-refractivity contribution in [2.45, 2.75) is 50.0 Å². The van der Waals surface area contributed by atoms with Crippen molar-refractivity contribution in [2.75, 3.05) is 42.5 Å². The van der Waals surface area contributed by atoms with E-state index in [1.54, 1.807) is 4.90 Å². The van der Waals surface area contributed by atoms with Crippen LogP contribution in [-0.4, -0.2) is 95.5 Å². The van der Waals surface area contributed by atoms with Gasteiger partial charge in [0.25, 0.3) is 5.69 Å². The third-order valence-electron chi connectivity index (χ3n) is 5.40. The molecule has 1 aliphatic heterocycles. The molecular formula is C19H32N4O8S.